The minimum absolute atomic E-state index is 0.0853. The molecule has 0 spiro atoms. The lowest BCUT2D eigenvalue weighted by Gasteiger charge is -2.25. The molecule has 1 heterocycles. The molecular formula is C33H33F3N2O4. The molecule has 0 N–H and O–H groups in total. The molecule has 4 aromatic rings. The van der Waals surface area contributed by atoms with Crippen molar-refractivity contribution >= 4 is 11.8 Å². The summed E-state index contributed by atoms with van der Waals surface area (Å²) >= 11 is 0. The summed E-state index contributed by atoms with van der Waals surface area (Å²) in [5.74, 6) is -0.0862. The number of nitrogens with zero attached hydrogens (tertiary/aromatic N) is 2. The van der Waals surface area contributed by atoms with Gasteiger partial charge in [0.2, 0.25) is 0 Å². The first-order valence-electron chi connectivity index (χ1n) is 13.7. The second kappa shape index (κ2) is 12.6. The molecule has 0 aliphatic heterocycles. The number of halogens is 3. The lowest BCUT2D eigenvalue weighted by Crippen LogP contribution is -2.39. The molecule has 3 aromatic carbocycles. The largest absolute Gasteiger partial charge is 0.476 e. The number of esters is 1. The summed E-state index contributed by atoms with van der Waals surface area (Å²) in [5, 5.41) is 4.68. The minimum atomic E-state index is -4.42. The third-order valence-corrected chi connectivity index (χ3v) is 6.78. The van der Waals surface area contributed by atoms with E-state index in [1.165, 1.54) is 12.1 Å². The molecule has 0 fully saturated rings. The molecule has 0 saturated heterocycles. The minimum Gasteiger partial charge on any atom is -0.476 e. The predicted molar refractivity (Wildman–Crippen MR) is 153 cm³/mol. The fourth-order valence-corrected chi connectivity index (χ4v) is 4.47. The normalized spacial score (nSPS) is 11.8. The summed E-state index contributed by atoms with van der Waals surface area (Å²) in [5.41, 5.74) is 2.18. The number of aryl methyl sites for hydroxylation is 2. The number of alkyl halides is 3. The predicted octanol–water partition coefficient (Wildman–Crippen LogP) is 7.46. The van der Waals surface area contributed by atoms with Gasteiger partial charge in [-0.15, -0.1) is 0 Å². The standard InChI is InChI=1S/C33H33F3N2O4/c1-5-41-31(40)32(3,4)42-30-18-13-25(19-22(30)2)29(39)17-16-27-20-28(24-11-14-26(15-12-24)33(34,35)36)37-38(27)21-23-9-7-6-8-10-23/h6-15,18-20H,5,16-17,21H2,1-4H3. The van der Waals surface area contributed by atoms with Crippen molar-refractivity contribution in [3.63, 3.8) is 0 Å². The van der Waals surface area contributed by atoms with Gasteiger partial charge in [0, 0.05) is 23.2 Å². The van der Waals surface area contributed by atoms with Gasteiger partial charge in [0.05, 0.1) is 24.4 Å². The van der Waals surface area contributed by atoms with Crippen molar-refractivity contribution in [1.82, 2.24) is 9.78 Å². The number of ether oxygens (including phenoxy) is 2. The van der Waals surface area contributed by atoms with Crippen molar-refractivity contribution in [3.05, 3.63) is 107 Å². The zero-order valence-electron chi connectivity index (χ0n) is 24.0. The second-order valence-electron chi connectivity index (χ2n) is 10.5. The van der Waals surface area contributed by atoms with E-state index in [0.29, 0.717) is 41.1 Å². The molecule has 0 unspecified atom stereocenters. The lowest BCUT2D eigenvalue weighted by molar-refractivity contribution is -0.158. The van der Waals surface area contributed by atoms with Crippen LogP contribution in [0.25, 0.3) is 11.3 Å². The summed E-state index contributed by atoms with van der Waals surface area (Å²) < 4.78 is 51.9. The molecular weight excluding hydrogens is 545 g/mol. The van der Waals surface area contributed by atoms with Crippen molar-refractivity contribution in [2.24, 2.45) is 0 Å². The average Bonchev–Trinajstić information content (AvgIpc) is 3.35. The van der Waals surface area contributed by atoms with Crippen LogP contribution in [-0.4, -0.2) is 33.7 Å². The van der Waals surface area contributed by atoms with Crippen LogP contribution in [0.3, 0.4) is 0 Å². The number of rotatable bonds is 11. The van der Waals surface area contributed by atoms with Gasteiger partial charge in [-0.05, 0) is 81.6 Å². The third-order valence-electron chi connectivity index (χ3n) is 6.78. The maximum Gasteiger partial charge on any atom is 0.416 e. The Kier molecular flexibility index (Phi) is 9.19. The molecule has 6 nitrogen and oxygen atoms in total. The number of hydrogen-bond donors (Lipinski definition) is 0. The molecule has 0 bridgehead atoms. The quantitative estimate of drug-likeness (QED) is 0.136. The number of carbonyl (C=O) groups excluding carboxylic acids is 2. The second-order valence-corrected chi connectivity index (χ2v) is 10.5. The first-order chi connectivity index (χ1) is 19.9. The molecule has 0 aliphatic carbocycles. The van der Waals surface area contributed by atoms with Crippen molar-refractivity contribution < 1.29 is 32.2 Å². The van der Waals surface area contributed by atoms with Crippen LogP contribution < -0.4 is 4.74 Å². The Morgan fingerprint density at radius 1 is 0.929 bits per heavy atom. The lowest BCUT2D eigenvalue weighted by atomic mass is 10.0. The van der Waals surface area contributed by atoms with Gasteiger partial charge >= 0.3 is 12.1 Å². The number of carbonyl (C=O) groups is 2. The fourth-order valence-electron chi connectivity index (χ4n) is 4.47. The van der Waals surface area contributed by atoms with E-state index in [9.17, 15) is 22.8 Å². The molecule has 0 atom stereocenters. The number of ketones is 1. The van der Waals surface area contributed by atoms with E-state index in [0.717, 1.165) is 23.4 Å². The molecule has 9 heteroatoms. The number of hydrogen-bond acceptors (Lipinski definition) is 5. The molecule has 0 amide bonds. The molecule has 0 saturated carbocycles. The van der Waals surface area contributed by atoms with Crippen LogP contribution in [0.15, 0.2) is 78.9 Å². The van der Waals surface area contributed by atoms with Crippen molar-refractivity contribution in [1.29, 1.82) is 0 Å². The van der Waals surface area contributed by atoms with Crippen LogP contribution >= 0.6 is 0 Å². The molecule has 0 radical (unpaired) electrons. The van der Waals surface area contributed by atoms with Gasteiger partial charge in [-0.25, -0.2) is 4.79 Å². The Labute approximate surface area is 243 Å². The average molecular weight is 579 g/mol. The van der Waals surface area contributed by atoms with Crippen LogP contribution in [-0.2, 0) is 28.7 Å². The zero-order valence-corrected chi connectivity index (χ0v) is 24.0. The highest BCUT2D eigenvalue weighted by Crippen LogP contribution is 2.31. The van der Waals surface area contributed by atoms with E-state index >= 15 is 0 Å². The Hall–Kier alpha value is -4.40. The number of benzene rings is 3. The van der Waals surface area contributed by atoms with Crippen LogP contribution in [0.2, 0.25) is 0 Å². The fraction of sp³-hybridized carbons (Fsp3) is 0.303. The monoisotopic (exact) mass is 578 g/mol. The summed E-state index contributed by atoms with van der Waals surface area (Å²) in [6, 6.07) is 21.5. The summed E-state index contributed by atoms with van der Waals surface area (Å²) in [4.78, 5) is 25.4. The molecule has 1 aromatic heterocycles. The molecule has 42 heavy (non-hydrogen) atoms. The molecule has 4 rings (SSSR count). The Balaban J connectivity index is 1.52. The van der Waals surface area contributed by atoms with Crippen LogP contribution in [0.4, 0.5) is 13.2 Å². The zero-order chi connectivity index (χ0) is 30.5. The highest BCUT2D eigenvalue weighted by molar-refractivity contribution is 5.96. The van der Waals surface area contributed by atoms with E-state index in [1.807, 2.05) is 36.4 Å². The van der Waals surface area contributed by atoms with Crippen LogP contribution in [0.1, 0.15) is 59.9 Å². The highest BCUT2D eigenvalue weighted by atomic mass is 19.4. The van der Waals surface area contributed by atoms with Crippen LogP contribution in [0, 0.1) is 6.92 Å². The first-order valence-corrected chi connectivity index (χ1v) is 13.7. The first kappa shape index (κ1) is 30.6. The van der Waals surface area contributed by atoms with E-state index in [-0.39, 0.29) is 18.8 Å². The van der Waals surface area contributed by atoms with Gasteiger partial charge in [-0.1, -0.05) is 42.5 Å². The van der Waals surface area contributed by atoms with E-state index in [1.54, 1.807) is 50.6 Å². The topological polar surface area (TPSA) is 70.4 Å². The molecule has 0 aliphatic rings. The number of aromatic nitrogens is 2. The van der Waals surface area contributed by atoms with Gasteiger partial charge in [0.25, 0.3) is 0 Å². The van der Waals surface area contributed by atoms with E-state index in [4.69, 9.17) is 9.47 Å². The smallest absolute Gasteiger partial charge is 0.416 e. The van der Waals surface area contributed by atoms with E-state index < -0.39 is 23.3 Å². The summed E-state index contributed by atoms with van der Waals surface area (Å²) in [6.07, 6.45) is -3.84. The Bertz CT molecular complexity index is 1540. The molecule has 220 valence electrons. The third kappa shape index (κ3) is 7.46. The van der Waals surface area contributed by atoms with Gasteiger partial charge in [0.1, 0.15) is 5.75 Å². The van der Waals surface area contributed by atoms with Gasteiger partial charge in [-0.2, -0.15) is 18.3 Å². The van der Waals surface area contributed by atoms with Crippen molar-refractivity contribution in [2.75, 3.05) is 6.61 Å². The highest BCUT2D eigenvalue weighted by Gasteiger charge is 2.32. The maximum atomic E-state index is 13.2. The maximum absolute atomic E-state index is 13.2. The summed E-state index contributed by atoms with van der Waals surface area (Å²) in [7, 11) is 0. The SMILES string of the molecule is CCOC(=O)C(C)(C)Oc1ccc(C(=O)CCc2cc(-c3ccc(C(F)(F)F)cc3)nn2Cc2ccccc2)cc1C. The summed E-state index contributed by atoms with van der Waals surface area (Å²) in [6.45, 7) is 7.48. The van der Waals surface area contributed by atoms with E-state index in [2.05, 4.69) is 5.10 Å². The van der Waals surface area contributed by atoms with Gasteiger partial charge in [-0.3, -0.25) is 9.48 Å². The van der Waals surface area contributed by atoms with Gasteiger partial charge < -0.3 is 9.47 Å². The van der Waals surface area contributed by atoms with Crippen molar-refractivity contribution in [2.45, 2.75) is 58.9 Å². The van der Waals surface area contributed by atoms with Gasteiger partial charge in [0.15, 0.2) is 11.4 Å². The Morgan fingerprint density at radius 2 is 1.62 bits per heavy atom. The Morgan fingerprint density at radius 3 is 2.24 bits per heavy atom. The number of Topliss-reactive ketones (excluding diaryl/α,β-unsaturated/α-hetero) is 1. The van der Waals surface area contributed by atoms with Crippen LogP contribution in [0.5, 0.6) is 5.75 Å². The van der Waals surface area contributed by atoms with Crippen molar-refractivity contribution in [3.8, 4) is 17.0 Å².